The Labute approximate surface area is 161 Å². The van der Waals surface area contributed by atoms with Gasteiger partial charge in [0.1, 0.15) is 17.3 Å². The highest BCUT2D eigenvalue weighted by atomic mass is 32.2. The Bertz CT molecular complexity index is 825. The number of aromatic nitrogens is 1. The van der Waals surface area contributed by atoms with Crippen molar-refractivity contribution in [3.05, 3.63) is 53.7 Å². The predicted octanol–water partition coefficient (Wildman–Crippen LogP) is 1.19. The molecule has 0 saturated heterocycles. The van der Waals surface area contributed by atoms with Crippen LogP contribution in [0.25, 0.3) is 0 Å². The van der Waals surface area contributed by atoms with Crippen LogP contribution in [0.15, 0.2) is 42.6 Å². The number of carbonyl (C=O) groups is 2. The maximum absolute atomic E-state index is 13.2. The third kappa shape index (κ3) is 3.99. The quantitative estimate of drug-likeness (QED) is 0.527. The first-order chi connectivity index (χ1) is 13.1. The molecule has 2 heterocycles. The van der Waals surface area contributed by atoms with Crippen LogP contribution in [-0.2, 0) is 22.2 Å². The predicted molar refractivity (Wildman–Crippen MR) is 104 cm³/mol. The molecule has 0 spiro atoms. The maximum Gasteiger partial charge on any atom is 0.289 e. The zero-order valence-electron chi connectivity index (χ0n) is 15.4. The number of benzene rings is 1. The van der Waals surface area contributed by atoms with Gasteiger partial charge >= 0.3 is 0 Å². The van der Waals surface area contributed by atoms with Gasteiger partial charge in [0.25, 0.3) is 11.2 Å². The molecule has 0 N–H and O–H groups in total. The number of pyridine rings is 1. The summed E-state index contributed by atoms with van der Waals surface area (Å²) in [6, 6.07) is 10.9. The van der Waals surface area contributed by atoms with Gasteiger partial charge in [0.15, 0.2) is 0 Å². The first-order valence-corrected chi connectivity index (χ1v) is 10.6. The zero-order valence-corrected chi connectivity index (χ0v) is 16.2. The number of methoxy groups -OCH3 is 1. The van der Waals surface area contributed by atoms with Crippen molar-refractivity contribution in [2.24, 2.45) is 0 Å². The molecule has 1 aliphatic rings. The van der Waals surface area contributed by atoms with Crippen LogP contribution >= 0.6 is 0 Å². The molecule has 0 radical (unpaired) electrons. The number of ketones is 1. The Hall–Kier alpha value is -2.38. The molecule has 2 unspecified atom stereocenters. The number of ether oxygens (including phenoxy) is 1. The van der Waals surface area contributed by atoms with Crippen LogP contribution in [0.2, 0.25) is 0 Å². The largest absolute Gasteiger partial charge is 0.854 e. The molecular formula is C20H22N2O4S. The molecule has 1 amide bonds. The average molecular weight is 386 g/mol. The zero-order chi connectivity index (χ0) is 19.4. The summed E-state index contributed by atoms with van der Waals surface area (Å²) in [5.74, 6) is 1.30. The van der Waals surface area contributed by atoms with Crippen LogP contribution in [0.1, 0.15) is 22.3 Å². The Morgan fingerprint density at radius 1 is 1.22 bits per heavy atom. The number of hydrogen-bond donors (Lipinski definition) is 0. The molecule has 142 valence electrons. The number of nitrogens with zero attached hydrogens (tertiary/aromatic N) is 2. The van der Waals surface area contributed by atoms with E-state index in [0.717, 1.165) is 11.3 Å². The van der Waals surface area contributed by atoms with Crippen LogP contribution in [0.3, 0.4) is 0 Å². The van der Waals surface area contributed by atoms with Crippen molar-refractivity contribution in [2.75, 3.05) is 30.6 Å². The Balaban J connectivity index is 1.94. The van der Waals surface area contributed by atoms with E-state index < -0.39 is 16.1 Å². The fraction of sp³-hybridized carbons (Fsp3) is 0.350. The van der Waals surface area contributed by atoms with E-state index in [1.54, 1.807) is 30.3 Å². The number of fused-ring (bicyclic) bond motifs is 1. The molecule has 0 fully saturated rings. The van der Waals surface area contributed by atoms with Crippen LogP contribution in [0.4, 0.5) is 5.82 Å². The first kappa shape index (κ1) is 19.4. The van der Waals surface area contributed by atoms with E-state index in [0.29, 0.717) is 30.1 Å². The van der Waals surface area contributed by atoms with Gasteiger partial charge < -0.3 is 9.84 Å². The Morgan fingerprint density at radius 2 is 1.96 bits per heavy atom. The van der Waals surface area contributed by atoms with Gasteiger partial charge in [-0.1, -0.05) is 12.1 Å². The van der Waals surface area contributed by atoms with Crippen LogP contribution in [0.5, 0.6) is 5.75 Å². The van der Waals surface area contributed by atoms with Gasteiger partial charge in [0.05, 0.1) is 25.5 Å². The summed E-state index contributed by atoms with van der Waals surface area (Å²) in [5.41, 5.74) is 1.39. The van der Waals surface area contributed by atoms with Gasteiger partial charge in [-0.2, -0.15) is 0 Å². The van der Waals surface area contributed by atoms with Crippen molar-refractivity contribution in [3.63, 3.8) is 0 Å². The smallest absolute Gasteiger partial charge is 0.289 e. The molecule has 27 heavy (non-hydrogen) atoms. The van der Waals surface area contributed by atoms with Crippen molar-refractivity contribution in [2.45, 2.75) is 18.2 Å². The molecule has 6 nitrogen and oxygen atoms in total. The van der Waals surface area contributed by atoms with Gasteiger partial charge in [-0.3, -0.25) is 14.5 Å². The fourth-order valence-electron chi connectivity index (χ4n) is 3.13. The minimum absolute atomic E-state index is 0.189. The summed E-state index contributed by atoms with van der Waals surface area (Å²) < 4.78 is 5.17. The number of carbonyl (C=O) groups excluding carboxylic acids is 2. The lowest BCUT2D eigenvalue weighted by Gasteiger charge is -2.31. The molecule has 1 aromatic heterocycles. The topological polar surface area (TPSA) is 82.6 Å². The van der Waals surface area contributed by atoms with E-state index in [1.165, 1.54) is 0 Å². The maximum atomic E-state index is 13.2. The molecule has 1 aromatic carbocycles. The lowest BCUT2D eigenvalue weighted by Crippen LogP contribution is -2.52. The highest BCUT2D eigenvalue weighted by molar-refractivity contribution is 7.98. The highest BCUT2D eigenvalue weighted by Gasteiger charge is 2.48. The number of amides is 1. The molecule has 7 heteroatoms. The summed E-state index contributed by atoms with van der Waals surface area (Å²) in [5, 5.41) is 10.1. The van der Waals surface area contributed by atoms with E-state index in [4.69, 9.17) is 4.74 Å². The summed E-state index contributed by atoms with van der Waals surface area (Å²) in [6.07, 6.45) is 3.95. The molecular weight excluding hydrogens is 364 g/mol. The number of Topliss-reactive ketones (excluding diaryl/α,β-unsaturated/α-hetero) is 1. The first-order valence-electron chi connectivity index (χ1n) is 8.69. The van der Waals surface area contributed by atoms with Crippen LogP contribution in [0, 0.1) is 0 Å². The number of rotatable bonds is 7. The second kappa shape index (κ2) is 8.54. The van der Waals surface area contributed by atoms with Gasteiger partial charge in [0, 0.05) is 17.1 Å². The van der Waals surface area contributed by atoms with Gasteiger partial charge in [-0.15, -0.1) is 6.61 Å². The monoisotopic (exact) mass is 386 g/mol. The number of anilines is 1. The normalized spacial score (nSPS) is 17.6. The third-order valence-electron chi connectivity index (χ3n) is 4.55. The fourth-order valence-corrected chi connectivity index (χ4v) is 4.90. The standard InChI is InChI=1S/C20H22N2O4S/c1-26-15-8-6-14(7-9-15)13-22-19-16(5-3-10-21-19)17(24)18(20(22)25)27(2)12-4-11-23/h3,5-10,18H,4,11-13H2,1-2H3. The van der Waals surface area contributed by atoms with Crippen molar-refractivity contribution >= 4 is 28.4 Å². The minimum Gasteiger partial charge on any atom is -0.854 e. The van der Waals surface area contributed by atoms with E-state index in [9.17, 15) is 14.7 Å². The second-order valence-corrected chi connectivity index (χ2v) is 8.61. The lowest BCUT2D eigenvalue weighted by atomic mass is 10.0. The van der Waals surface area contributed by atoms with Crippen molar-refractivity contribution in [3.8, 4) is 5.75 Å². The highest BCUT2D eigenvalue weighted by Crippen LogP contribution is 2.30. The summed E-state index contributed by atoms with van der Waals surface area (Å²) in [4.78, 5) is 32.0. The van der Waals surface area contributed by atoms with E-state index in [1.807, 2.05) is 30.5 Å². The summed E-state index contributed by atoms with van der Waals surface area (Å²) in [7, 11) is 1.10. The molecule has 2 aromatic rings. The van der Waals surface area contributed by atoms with E-state index >= 15 is 0 Å². The van der Waals surface area contributed by atoms with E-state index in [2.05, 4.69) is 4.98 Å². The van der Waals surface area contributed by atoms with Crippen molar-refractivity contribution in [1.82, 2.24) is 4.98 Å². The van der Waals surface area contributed by atoms with Crippen molar-refractivity contribution in [1.29, 1.82) is 0 Å². The van der Waals surface area contributed by atoms with Crippen molar-refractivity contribution < 1.29 is 19.4 Å². The molecule has 2 atom stereocenters. The third-order valence-corrected chi connectivity index (χ3v) is 6.70. The van der Waals surface area contributed by atoms with Gasteiger partial charge in [-0.25, -0.2) is 4.98 Å². The summed E-state index contributed by atoms with van der Waals surface area (Å²) >= 11 is 0. The molecule has 0 aliphatic carbocycles. The minimum atomic E-state index is -0.744. The molecule has 3 rings (SSSR count). The summed E-state index contributed by atoms with van der Waals surface area (Å²) in [6.45, 7) is 0.134. The van der Waals surface area contributed by atoms with Gasteiger partial charge in [0.2, 0.25) is 5.78 Å². The van der Waals surface area contributed by atoms with Crippen LogP contribution in [-0.4, -0.2) is 47.6 Å². The lowest BCUT2D eigenvalue weighted by molar-refractivity contribution is -0.367. The number of hydrogen-bond acceptors (Lipinski definition) is 5. The second-order valence-electron chi connectivity index (χ2n) is 6.34. The SMILES string of the molecule is COc1ccc(CN2C(=O)C([S+](C)CCC[O-])C(=O)c3cccnc32)cc1. The Morgan fingerprint density at radius 3 is 2.63 bits per heavy atom. The average Bonchev–Trinajstić information content (AvgIpc) is 2.70. The van der Waals surface area contributed by atoms with Crippen LogP contribution < -0.4 is 14.7 Å². The van der Waals surface area contributed by atoms with Gasteiger partial charge in [-0.05, 0) is 36.2 Å². The van der Waals surface area contributed by atoms with E-state index in [-0.39, 0.29) is 18.3 Å². The molecule has 0 bridgehead atoms. The Kier molecular flexibility index (Phi) is 6.13. The molecule has 1 aliphatic heterocycles. The molecule has 0 saturated carbocycles.